The molecule has 1 amide bonds. The average Bonchev–Trinajstić information content (AvgIpc) is 3.07. The van der Waals surface area contributed by atoms with Gasteiger partial charge in [-0.3, -0.25) is 4.79 Å². The van der Waals surface area contributed by atoms with Crippen molar-refractivity contribution in [1.82, 2.24) is 0 Å². The molecular weight excluding hydrogens is 328 g/mol. The van der Waals surface area contributed by atoms with Crippen molar-refractivity contribution in [2.75, 3.05) is 23.3 Å². The van der Waals surface area contributed by atoms with E-state index in [1.165, 1.54) is 17.7 Å². The lowest BCUT2D eigenvalue weighted by Crippen LogP contribution is -2.23. The average molecular weight is 355 g/mol. The van der Waals surface area contributed by atoms with Crippen LogP contribution in [0.2, 0.25) is 0 Å². The molecule has 132 valence electrons. The van der Waals surface area contributed by atoms with Crippen molar-refractivity contribution in [1.29, 1.82) is 0 Å². The second-order valence-corrected chi connectivity index (χ2v) is 8.14. The fraction of sp³-hybridized carbons (Fsp3) is 0.381. The van der Waals surface area contributed by atoms with E-state index in [-0.39, 0.29) is 11.2 Å². The molecule has 0 aliphatic carbocycles. The molecule has 0 saturated carbocycles. The van der Waals surface area contributed by atoms with E-state index in [9.17, 15) is 4.79 Å². The lowest BCUT2D eigenvalue weighted by atomic mass is 10.2. The number of hydrogen-bond acceptors (Lipinski definition) is 3. The Labute approximate surface area is 154 Å². The largest absolute Gasteiger partial charge is 0.371 e. The number of carbonyl (C=O) groups excluding carboxylic acids is 1. The Hall–Kier alpha value is -1.94. The van der Waals surface area contributed by atoms with Crippen molar-refractivity contribution in [3.05, 3.63) is 60.2 Å². The molecule has 2 aromatic carbocycles. The third-order valence-corrected chi connectivity index (χ3v) is 5.85. The van der Waals surface area contributed by atoms with Gasteiger partial charge in [0.05, 0.1) is 5.25 Å². The van der Waals surface area contributed by atoms with Crippen LogP contribution in [0.1, 0.15) is 25.8 Å². The highest BCUT2D eigenvalue weighted by Gasteiger charge is 2.19. The summed E-state index contributed by atoms with van der Waals surface area (Å²) in [5.74, 6) is 1.67. The van der Waals surface area contributed by atoms with Gasteiger partial charge in [0.1, 0.15) is 0 Å². The fourth-order valence-electron chi connectivity index (χ4n) is 3.04. The SMILES string of the molecule is CC1CCN(c2ccc(NC(=O)C(C)SCc3ccccc3)cc2)C1. The molecule has 1 aliphatic heterocycles. The second-order valence-electron chi connectivity index (χ2n) is 6.81. The number of anilines is 2. The molecule has 1 N–H and O–H groups in total. The highest BCUT2D eigenvalue weighted by Crippen LogP contribution is 2.25. The zero-order valence-corrected chi connectivity index (χ0v) is 15.8. The molecule has 3 nitrogen and oxygen atoms in total. The van der Waals surface area contributed by atoms with Crippen LogP contribution in [0.15, 0.2) is 54.6 Å². The molecule has 0 spiro atoms. The number of nitrogens with one attached hydrogen (secondary N) is 1. The van der Waals surface area contributed by atoms with E-state index in [0.29, 0.717) is 0 Å². The zero-order valence-electron chi connectivity index (χ0n) is 14.9. The smallest absolute Gasteiger partial charge is 0.237 e. The normalized spacial score (nSPS) is 18.2. The summed E-state index contributed by atoms with van der Waals surface area (Å²) in [6.07, 6.45) is 1.26. The van der Waals surface area contributed by atoms with Crippen LogP contribution in [-0.2, 0) is 10.5 Å². The molecule has 3 rings (SSSR count). The Bertz CT molecular complexity index is 687. The van der Waals surface area contributed by atoms with Crippen LogP contribution >= 0.6 is 11.8 Å². The summed E-state index contributed by atoms with van der Waals surface area (Å²) in [6.45, 7) is 6.50. The van der Waals surface area contributed by atoms with Gasteiger partial charge in [0.15, 0.2) is 0 Å². The van der Waals surface area contributed by atoms with Crippen molar-refractivity contribution in [3.8, 4) is 0 Å². The quantitative estimate of drug-likeness (QED) is 0.809. The van der Waals surface area contributed by atoms with Gasteiger partial charge in [-0.05, 0) is 49.1 Å². The number of carbonyl (C=O) groups is 1. The van der Waals surface area contributed by atoms with Crippen molar-refractivity contribution in [2.45, 2.75) is 31.3 Å². The summed E-state index contributed by atoms with van der Waals surface area (Å²) in [7, 11) is 0. The molecule has 2 unspecified atom stereocenters. The molecule has 2 atom stereocenters. The van der Waals surface area contributed by atoms with Gasteiger partial charge in [-0.15, -0.1) is 11.8 Å². The molecule has 0 radical (unpaired) electrons. The van der Waals surface area contributed by atoms with Gasteiger partial charge in [0, 0.05) is 30.2 Å². The van der Waals surface area contributed by atoms with Gasteiger partial charge >= 0.3 is 0 Å². The van der Waals surface area contributed by atoms with Crippen LogP contribution < -0.4 is 10.2 Å². The molecule has 1 heterocycles. The zero-order chi connectivity index (χ0) is 17.6. The molecule has 1 aliphatic rings. The van der Waals surface area contributed by atoms with E-state index in [1.54, 1.807) is 11.8 Å². The Morgan fingerprint density at radius 2 is 1.92 bits per heavy atom. The molecule has 0 bridgehead atoms. The van der Waals surface area contributed by atoms with Crippen LogP contribution in [0.25, 0.3) is 0 Å². The molecule has 0 aromatic heterocycles. The molecule has 2 aromatic rings. The van der Waals surface area contributed by atoms with Gasteiger partial charge < -0.3 is 10.2 Å². The summed E-state index contributed by atoms with van der Waals surface area (Å²) < 4.78 is 0. The first-order valence-electron chi connectivity index (χ1n) is 8.93. The maximum Gasteiger partial charge on any atom is 0.237 e. The molecule has 25 heavy (non-hydrogen) atoms. The number of rotatable bonds is 6. The van der Waals surface area contributed by atoms with E-state index in [4.69, 9.17) is 0 Å². The number of nitrogens with zero attached hydrogens (tertiary/aromatic N) is 1. The second kappa shape index (κ2) is 8.43. The van der Waals surface area contributed by atoms with E-state index >= 15 is 0 Å². The van der Waals surface area contributed by atoms with Crippen LogP contribution in [0.5, 0.6) is 0 Å². The Balaban J connectivity index is 1.50. The highest BCUT2D eigenvalue weighted by molar-refractivity contribution is 7.99. The maximum atomic E-state index is 12.4. The van der Waals surface area contributed by atoms with Gasteiger partial charge in [0.25, 0.3) is 0 Å². The van der Waals surface area contributed by atoms with Crippen molar-refractivity contribution >= 4 is 29.0 Å². The molecule has 1 fully saturated rings. The van der Waals surface area contributed by atoms with Gasteiger partial charge in [-0.1, -0.05) is 37.3 Å². The lowest BCUT2D eigenvalue weighted by Gasteiger charge is -2.19. The van der Waals surface area contributed by atoms with E-state index in [2.05, 4.69) is 41.4 Å². The number of amides is 1. The number of hydrogen-bond donors (Lipinski definition) is 1. The van der Waals surface area contributed by atoms with Crippen LogP contribution in [0.4, 0.5) is 11.4 Å². The van der Waals surface area contributed by atoms with Crippen LogP contribution in [0, 0.1) is 5.92 Å². The summed E-state index contributed by atoms with van der Waals surface area (Å²) >= 11 is 1.66. The minimum absolute atomic E-state index is 0.0588. The first-order valence-corrected chi connectivity index (χ1v) is 9.98. The van der Waals surface area contributed by atoms with E-state index in [0.717, 1.165) is 30.4 Å². The molecule has 4 heteroatoms. The summed E-state index contributed by atoms with van der Waals surface area (Å²) in [5, 5.41) is 2.94. The van der Waals surface area contributed by atoms with Gasteiger partial charge in [-0.2, -0.15) is 0 Å². The van der Waals surface area contributed by atoms with E-state index in [1.807, 2.05) is 37.3 Å². The molecular formula is C21H26N2OS. The highest BCUT2D eigenvalue weighted by atomic mass is 32.2. The van der Waals surface area contributed by atoms with Crippen molar-refractivity contribution < 1.29 is 4.79 Å². The van der Waals surface area contributed by atoms with Crippen LogP contribution in [-0.4, -0.2) is 24.2 Å². The predicted octanol–water partition coefficient (Wildman–Crippen LogP) is 4.79. The van der Waals surface area contributed by atoms with E-state index < -0.39 is 0 Å². The lowest BCUT2D eigenvalue weighted by molar-refractivity contribution is -0.115. The first kappa shape index (κ1) is 17.9. The molecule has 1 saturated heterocycles. The minimum atomic E-state index is -0.0840. The monoisotopic (exact) mass is 354 g/mol. The topological polar surface area (TPSA) is 32.3 Å². The fourth-order valence-corrected chi connectivity index (χ4v) is 3.89. The Kier molecular flexibility index (Phi) is 6.03. The number of benzene rings is 2. The van der Waals surface area contributed by atoms with Crippen molar-refractivity contribution in [2.24, 2.45) is 5.92 Å². The number of thioether (sulfide) groups is 1. The minimum Gasteiger partial charge on any atom is -0.371 e. The summed E-state index contributed by atoms with van der Waals surface area (Å²) in [5.41, 5.74) is 3.36. The third kappa shape index (κ3) is 5.02. The standard InChI is InChI=1S/C21H26N2OS/c1-16-12-13-23(14-16)20-10-8-19(9-11-20)22-21(24)17(2)25-15-18-6-4-3-5-7-18/h3-11,16-17H,12-15H2,1-2H3,(H,22,24). The predicted molar refractivity (Wildman–Crippen MR) is 108 cm³/mol. The Morgan fingerprint density at radius 1 is 1.20 bits per heavy atom. The first-order chi connectivity index (χ1) is 12.1. The third-order valence-electron chi connectivity index (χ3n) is 4.64. The van der Waals surface area contributed by atoms with Crippen molar-refractivity contribution in [3.63, 3.8) is 0 Å². The van der Waals surface area contributed by atoms with Gasteiger partial charge in [0.2, 0.25) is 5.91 Å². The summed E-state index contributed by atoms with van der Waals surface area (Å²) in [4.78, 5) is 14.8. The van der Waals surface area contributed by atoms with Crippen LogP contribution in [0.3, 0.4) is 0 Å². The van der Waals surface area contributed by atoms with Gasteiger partial charge in [-0.25, -0.2) is 0 Å². The summed E-state index contributed by atoms with van der Waals surface area (Å²) in [6, 6.07) is 18.5. The Morgan fingerprint density at radius 3 is 2.56 bits per heavy atom. The maximum absolute atomic E-state index is 12.4.